The van der Waals surface area contributed by atoms with Crippen molar-refractivity contribution in [3.05, 3.63) is 0 Å². The Morgan fingerprint density at radius 3 is 2.50 bits per heavy atom. The molecule has 1 fully saturated rings. The molecule has 2 nitrogen and oxygen atoms in total. The number of hydrogen-bond donors (Lipinski definition) is 0. The Balaban J connectivity index is 2.12. The monoisotopic (exact) mass is 215 g/mol. The summed E-state index contributed by atoms with van der Waals surface area (Å²) in [6.45, 7) is 3.65. The molecule has 1 heterocycles. The summed E-state index contributed by atoms with van der Waals surface area (Å²) in [7, 11) is 2.78. The van der Waals surface area contributed by atoms with Crippen molar-refractivity contribution in [2.45, 2.75) is 39.0 Å². The first-order valence-electron chi connectivity index (χ1n) is 5.69. The third-order valence-corrected chi connectivity index (χ3v) is 3.53. The molecule has 0 aromatic heterocycles. The molecular weight excluding hydrogens is 193 g/mol. The zero-order chi connectivity index (χ0) is 10.4. The van der Waals surface area contributed by atoms with E-state index in [1.165, 1.54) is 38.3 Å². The molecule has 1 atom stereocenters. The van der Waals surface area contributed by atoms with Crippen LogP contribution in [-0.2, 0) is 4.79 Å². The van der Waals surface area contributed by atoms with Crippen molar-refractivity contribution in [3.8, 4) is 0 Å². The van der Waals surface area contributed by atoms with Crippen LogP contribution in [0.3, 0.4) is 0 Å². The van der Waals surface area contributed by atoms with Crippen LogP contribution in [-0.4, -0.2) is 30.1 Å². The van der Waals surface area contributed by atoms with Crippen LogP contribution in [0.5, 0.6) is 0 Å². The molecule has 82 valence electrons. The quantitative estimate of drug-likeness (QED) is 0.520. The molecular formula is C11H22NOP. The number of carbonyl (C=O) groups is 1. The number of piperidine rings is 1. The molecule has 1 aliphatic heterocycles. The summed E-state index contributed by atoms with van der Waals surface area (Å²) in [6, 6.07) is 0. The van der Waals surface area contributed by atoms with E-state index in [2.05, 4.69) is 9.24 Å². The molecule has 14 heavy (non-hydrogen) atoms. The van der Waals surface area contributed by atoms with E-state index in [-0.39, 0.29) is 5.91 Å². The average molecular weight is 215 g/mol. The van der Waals surface area contributed by atoms with Gasteiger partial charge in [-0.2, -0.15) is 0 Å². The fraction of sp³-hybridized carbons (Fsp3) is 0.909. The molecule has 1 aliphatic rings. The van der Waals surface area contributed by atoms with Crippen molar-refractivity contribution >= 4 is 15.1 Å². The Hall–Kier alpha value is -0.100. The van der Waals surface area contributed by atoms with Crippen LogP contribution in [0.2, 0.25) is 0 Å². The van der Waals surface area contributed by atoms with Gasteiger partial charge in [0, 0.05) is 20.0 Å². The fourth-order valence-electron chi connectivity index (χ4n) is 2.11. The summed E-state index contributed by atoms with van der Waals surface area (Å²) in [5, 5.41) is 0. The van der Waals surface area contributed by atoms with Crippen molar-refractivity contribution in [1.29, 1.82) is 0 Å². The van der Waals surface area contributed by atoms with E-state index in [0.29, 0.717) is 0 Å². The number of amides is 1. The van der Waals surface area contributed by atoms with Gasteiger partial charge in [0.2, 0.25) is 5.91 Å². The van der Waals surface area contributed by atoms with Gasteiger partial charge in [0.25, 0.3) is 0 Å². The Kier molecular flexibility index (Phi) is 5.47. The predicted molar refractivity (Wildman–Crippen MR) is 63.4 cm³/mol. The molecule has 3 heteroatoms. The largest absolute Gasteiger partial charge is 0.343 e. The summed E-state index contributed by atoms with van der Waals surface area (Å²) in [6.07, 6.45) is 7.71. The van der Waals surface area contributed by atoms with E-state index in [0.717, 1.165) is 19.0 Å². The van der Waals surface area contributed by atoms with Crippen LogP contribution in [0.1, 0.15) is 39.0 Å². The van der Waals surface area contributed by atoms with Crippen molar-refractivity contribution < 1.29 is 4.79 Å². The van der Waals surface area contributed by atoms with Gasteiger partial charge >= 0.3 is 0 Å². The Labute approximate surface area is 89.6 Å². The van der Waals surface area contributed by atoms with Gasteiger partial charge in [-0.15, -0.1) is 9.24 Å². The Morgan fingerprint density at radius 2 is 2.00 bits per heavy atom. The Bertz CT molecular complexity index is 176. The van der Waals surface area contributed by atoms with Gasteiger partial charge in [0.15, 0.2) is 0 Å². The van der Waals surface area contributed by atoms with Gasteiger partial charge in [-0.25, -0.2) is 0 Å². The highest BCUT2D eigenvalue weighted by Gasteiger charge is 2.19. The minimum Gasteiger partial charge on any atom is -0.343 e. The molecule has 0 radical (unpaired) electrons. The van der Waals surface area contributed by atoms with Gasteiger partial charge in [0.05, 0.1) is 0 Å². The van der Waals surface area contributed by atoms with E-state index < -0.39 is 0 Å². The number of rotatable bonds is 4. The van der Waals surface area contributed by atoms with E-state index in [9.17, 15) is 4.79 Å². The van der Waals surface area contributed by atoms with Crippen LogP contribution >= 0.6 is 9.24 Å². The molecule has 0 spiro atoms. The molecule has 0 aromatic carbocycles. The first kappa shape index (κ1) is 12.0. The number of hydrogen-bond acceptors (Lipinski definition) is 1. The van der Waals surface area contributed by atoms with Crippen molar-refractivity contribution in [1.82, 2.24) is 4.90 Å². The summed E-state index contributed by atoms with van der Waals surface area (Å²) in [5.74, 6) is 1.12. The molecule has 1 amide bonds. The molecule has 0 N–H and O–H groups in total. The van der Waals surface area contributed by atoms with Crippen molar-refractivity contribution in [2.75, 3.05) is 19.3 Å². The van der Waals surface area contributed by atoms with Gasteiger partial charge in [0.1, 0.15) is 0 Å². The highest BCUT2D eigenvalue weighted by Crippen LogP contribution is 2.22. The second-order valence-corrected chi connectivity index (χ2v) is 4.81. The third kappa shape index (κ3) is 3.96. The lowest BCUT2D eigenvalue weighted by atomic mass is 9.92. The van der Waals surface area contributed by atoms with Gasteiger partial charge < -0.3 is 4.90 Å². The smallest absolute Gasteiger partial charge is 0.219 e. The van der Waals surface area contributed by atoms with E-state index in [1.807, 2.05) is 4.90 Å². The molecule has 1 rings (SSSR count). The summed E-state index contributed by atoms with van der Waals surface area (Å²) in [5.41, 5.74) is 0. The maximum Gasteiger partial charge on any atom is 0.219 e. The van der Waals surface area contributed by atoms with Gasteiger partial charge in [-0.3, -0.25) is 4.79 Å². The third-order valence-electron chi connectivity index (χ3n) is 3.13. The molecule has 1 saturated heterocycles. The number of carbonyl (C=O) groups excluding carboxylic acids is 1. The summed E-state index contributed by atoms with van der Waals surface area (Å²) < 4.78 is 0. The first-order chi connectivity index (χ1) is 6.74. The fourth-order valence-corrected chi connectivity index (χ4v) is 2.40. The summed E-state index contributed by atoms with van der Waals surface area (Å²) >= 11 is 0. The predicted octanol–water partition coefficient (Wildman–Crippen LogP) is 2.29. The summed E-state index contributed by atoms with van der Waals surface area (Å²) in [4.78, 5) is 13.1. The van der Waals surface area contributed by atoms with Crippen molar-refractivity contribution in [3.63, 3.8) is 0 Å². The maximum absolute atomic E-state index is 11.1. The zero-order valence-corrected chi connectivity index (χ0v) is 10.3. The zero-order valence-electron chi connectivity index (χ0n) is 9.17. The highest BCUT2D eigenvalue weighted by molar-refractivity contribution is 7.16. The first-order valence-corrected chi connectivity index (χ1v) is 6.51. The molecule has 0 aliphatic carbocycles. The normalized spacial score (nSPS) is 18.6. The topological polar surface area (TPSA) is 20.3 Å². The van der Waals surface area contributed by atoms with Crippen LogP contribution in [0, 0.1) is 5.92 Å². The SMILES string of the molecule is CC(=O)N1CCC(CCCCP)CC1. The Morgan fingerprint density at radius 1 is 1.36 bits per heavy atom. The van der Waals surface area contributed by atoms with E-state index in [4.69, 9.17) is 0 Å². The van der Waals surface area contributed by atoms with E-state index >= 15 is 0 Å². The van der Waals surface area contributed by atoms with Crippen molar-refractivity contribution in [2.24, 2.45) is 5.92 Å². The number of likely N-dealkylation sites (tertiary alicyclic amines) is 1. The number of unbranched alkanes of at least 4 members (excludes halogenated alkanes) is 1. The standard InChI is InChI=1S/C11H22NOP/c1-10(13)12-7-5-11(6-8-12)4-2-3-9-14/h11H,2-9,14H2,1H3. The average Bonchev–Trinajstić information content (AvgIpc) is 2.19. The second kappa shape index (κ2) is 6.40. The highest BCUT2D eigenvalue weighted by atomic mass is 31.0. The van der Waals surface area contributed by atoms with E-state index in [1.54, 1.807) is 6.92 Å². The van der Waals surface area contributed by atoms with Gasteiger partial charge in [-0.05, 0) is 31.3 Å². The maximum atomic E-state index is 11.1. The van der Waals surface area contributed by atoms with Crippen LogP contribution in [0.4, 0.5) is 0 Å². The molecule has 1 unspecified atom stereocenters. The lowest BCUT2D eigenvalue weighted by molar-refractivity contribution is -0.130. The number of nitrogens with zero attached hydrogens (tertiary/aromatic N) is 1. The van der Waals surface area contributed by atoms with Crippen LogP contribution in [0.15, 0.2) is 0 Å². The molecule has 0 aromatic rings. The molecule has 0 bridgehead atoms. The lowest BCUT2D eigenvalue weighted by Crippen LogP contribution is -2.36. The minimum absolute atomic E-state index is 0.244. The van der Waals surface area contributed by atoms with Crippen LogP contribution in [0.25, 0.3) is 0 Å². The van der Waals surface area contributed by atoms with Gasteiger partial charge in [-0.1, -0.05) is 12.8 Å². The minimum atomic E-state index is 0.244. The second-order valence-electron chi connectivity index (χ2n) is 4.23. The van der Waals surface area contributed by atoms with Crippen LogP contribution < -0.4 is 0 Å². The molecule has 0 saturated carbocycles. The lowest BCUT2D eigenvalue weighted by Gasteiger charge is -2.31.